The maximum Gasteiger partial charge on any atom is 0.339 e. The van der Waals surface area contributed by atoms with Gasteiger partial charge in [-0.3, -0.25) is 0 Å². The highest BCUT2D eigenvalue weighted by atomic mass is 16.5. The quantitative estimate of drug-likeness (QED) is 0.324. The van der Waals surface area contributed by atoms with Crippen molar-refractivity contribution < 1.29 is 13.9 Å². The summed E-state index contributed by atoms with van der Waals surface area (Å²) in [5.41, 5.74) is 4.13. The van der Waals surface area contributed by atoms with E-state index in [2.05, 4.69) is 6.92 Å². The number of hydrogen-bond donors (Lipinski definition) is 0. The van der Waals surface area contributed by atoms with Crippen molar-refractivity contribution in [1.82, 2.24) is 0 Å². The Bertz CT molecular complexity index is 1020. The lowest BCUT2D eigenvalue weighted by atomic mass is 9.99. The Hall–Kier alpha value is -2.75. The molecule has 0 spiro atoms. The molecule has 0 bridgehead atoms. The molecule has 0 aliphatic heterocycles. The molecule has 0 saturated carbocycles. The molecule has 0 aliphatic rings. The van der Waals surface area contributed by atoms with Gasteiger partial charge in [0.1, 0.15) is 23.7 Å². The van der Waals surface area contributed by atoms with Crippen molar-refractivity contribution in [2.24, 2.45) is 0 Å². The largest absolute Gasteiger partial charge is 0.497 e. The third kappa shape index (κ3) is 4.81. The van der Waals surface area contributed by atoms with E-state index in [9.17, 15) is 4.79 Å². The Morgan fingerprint density at radius 2 is 1.69 bits per heavy atom. The van der Waals surface area contributed by atoms with Crippen molar-refractivity contribution >= 4 is 11.0 Å². The Kier molecular flexibility index (Phi) is 6.97. The topological polar surface area (TPSA) is 48.7 Å². The predicted octanol–water partition coefficient (Wildman–Crippen LogP) is 6.12. The first-order valence-corrected chi connectivity index (χ1v) is 10.4. The molecule has 2 aromatic carbocycles. The SMILES string of the molecule is CCCCCCc1c(C)c2ccc(OCc3ccc(OC)cc3)c(C)c2oc1=O. The summed E-state index contributed by atoms with van der Waals surface area (Å²) in [7, 11) is 1.65. The van der Waals surface area contributed by atoms with E-state index in [1.54, 1.807) is 7.11 Å². The molecule has 1 aromatic heterocycles. The Morgan fingerprint density at radius 3 is 2.38 bits per heavy atom. The van der Waals surface area contributed by atoms with Crippen molar-refractivity contribution in [3.8, 4) is 11.5 Å². The number of unbranched alkanes of at least 4 members (excludes halogenated alkanes) is 3. The van der Waals surface area contributed by atoms with Crippen LogP contribution in [0.2, 0.25) is 0 Å². The van der Waals surface area contributed by atoms with Gasteiger partial charge in [-0.2, -0.15) is 0 Å². The summed E-state index contributed by atoms with van der Waals surface area (Å²) in [6.07, 6.45) is 5.33. The van der Waals surface area contributed by atoms with Crippen molar-refractivity contribution in [1.29, 1.82) is 0 Å². The molecule has 154 valence electrons. The maximum atomic E-state index is 12.6. The second-order valence-corrected chi connectivity index (χ2v) is 7.51. The van der Waals surface area contributed by atoms with E-state index in [1.165, 1.54) is 12.8 Å². The van der Waals surface area contributed by atoms with Crippen LogP contribution in [0.1, 0.15) is 54.9 Å². The average molecular weight is 395 g/mol. The van der Waals surface area contributed by atoms with E-state index < -0.39 is 0 Å². The number of rotatable bonds is 9. The minimum atomic E-state index is -0.220. The first kappa shape index (κ1) is 21.0. The van der Waals surface area contributed by atoms with E-state index in [-0.39, 0.29) is 5.63 Å². The van der Waals surface area contributed by atoms with Crippen LogP contribution in [0.4, 0.5) is 0 Å². The third-order valence-corrected chi connectivity index (χ3v) is 5.49. The van der Waals surface area contributed by atoms with E-state index >= 15 is 0 Å². The van der Waals surface area contributed by atoms with Crippen LogP contribution in [-0.2, 0) is 13.0 Å². The zero-order valence-electron chi connectivity index (χ0n) is 17.8. The van der Waals surface area contributed by atoms with Crippen LogP contribution in [0.25, 0.3) is 11.0 Å². The summed E-state index contributed by atoms with van der Waals surface area (Å²) < 4.78 is 16.9. The summed E-state index contributed by atoms with van der Waals surface area (Å²) >= 11 is 0. The van der Waals surface area contributed by atoms with Crippen molar-refractivity contribution in [3.05, 3.63) is 69.1 Å². The molecular weight excluding hydrogens is 364 g/mol. The molecule has 1 heterocycles. The molecular formula is C25H30O4. The number of ether oxygens (including phenoxy) is 2. The van der Waals surface area contributed by atoms with Gasteiger partial charge in [0.05, 0.1) is 7.11 Å². The number of hydrogen-bond acceptors (Lipinski definition) is 4. The monoisotopic (exact) mass is 394 g/mol. The highest BCUT2D eigenvalue weighted by Crippen LogP contribution is 2.30. The van der Waals surface area contributed by atoms with Gasteiger partial charge in [-0.25, -0.2) is 4.79 Å². The van der Waals surface area contributed by atoms with Gasteiger partial charge in [0.2, 0.25) is 0 Å². The molecule has 3 rings (SSSR count). The fraction of sp³-hybridized carbons (Fsp3) is 0.400. The highest BCUT2D eigenvalue weighted by Gasteiger charge is 2.15. The van der Waals surface area contributed by atoms with E-state index in [0.717, 1.165) is 58.4 Å². The molecule has 0 fully saturated rings. The molecule has 4 heteroatoms. The van der Waals surface area contributed by atoms with Crippen LogP contribution in [-0.4, -0.2) is 7.11 Å². The standard InChI is InChI=1S/C25H30O4/c1-5-6-7-8-9-22-17(2)21-14-15-23(18(3)24(21)29-25(22)26)28-16-19-10-12-20(27-4)13-11-19/h10-15H,5-9,16H2,1-4H3. The van der Waals surface area contributed by atoms with Gasteiger partial charge in [0, 0.05) is 16.5 Å². The minimum absolute atomic E-state index is 0.220. The molecule has 29 heavy (non-hydrogen) atoms. The fourth-order valence-corrected chi connectivity index (χ4v) is 3.63. The first-order valence-electron chi connectivity index (χ1n) is 10.4. The molecule has 0 atom stereocenters. The van der Waals surface area contributed by atoms with Crippen LogP contribution in [0.5, 0.6) is 11.5 Å². The van der Waals surface area contributed by atoms with Crippen molar-refractivity contribution in [2.75, 3.05) is 7.11 Å². The molecule has 4 nitrogen and oxygen atoms in total. The molecule has 3 aromatic rings. The molecule has 0 N–H and O–H groups in total. The summed E-state index contributed by atoms with van der Waals surface area (Å²) in [5.74, 6) is 1.55. The van der Waals surface area contributed by atoms with Crippen LogP contribution in [0.3, 0.4) is 0 Å². The second kappa shape index (κ2) is 9.64. The maximum absolute atomic E-state index is 12.6. The smallest absolute Gasteiger partial charge is 0.339 e. The van der Waals surface area contributed by atoms with E-state index in [4.69, 9.17) is 13.9 Å². The van der Waals surface area contributed by atoms with Crippen LogP contribution in [0.15, 0.2) is 45.6 Å². The van der Waals surface area contributed by atoms with Crippen molar-refractivity contribution in [3.63, 3.8) is 0 Å². The minimum Gasteiger partial charge on any atom is -0.497 e. The zero-order valence-corrected chi connectivity index (χ0v) is 17.8. The van der Waals surface area contributed by atoms with Crippen LogP contribution in [0, 0.1) is 13.8 Å². The Balaban J connectivity index is 1.82. The Morgan fingerprint density at radius 1 is 0.931 bits per heavy atom. The molecule has 0 amide bonds. The lowest BCUT2D eigenvalue weighted by molar-refractivity contribution is 0.303. The molecule has 0 saturated heterocycles. The van der Waals surface area contributed by atoms with Gasteiger partial charge in [-0.1, -0.05) is 38.3 Å². The number of aryl methyl sites for hydroxylation is 2. The van der Waals surface area contributed by atoms with Gasteiger partial charge in [0.15, 0.2) is 0 Å². The second-order valence-electron chi connectivity index (χ2n) is 7.51. The van der Waals surface area contributed by atoms with Gasteiger partial charge in [0.25, 0.3) is 0 Å². The van der Waals surface area contributed by atoms with E-state index in [1.807, 2.05) is 50.2 Å². The summed E-state index contributed by atoms with van der Waals surface area (Å²) in [4.78, 5) is 12.6. The normalized spacial score (nSPS) is 11.0. The molecule has 0 radical (unpaired) electrons. The summed E-state index contributed by atoms with van der Waals surface area (Å²) in [6, 6.07) is 11.7. The summed E-state index contributed by atoms with van der Waals surface area (Å²) in [6.45, 7) is 6.59. The zero-order chi connectivity index (χ0) is 20.8. The van der Waals surface area contributed by atoms with Crippen LogP contribution < -0.4 is 15.1 Å². The average Bonchev–Trinajstić information content (AvgIpc) is 2.73. The van der Waals surface area contributed by atoms with Gasteiger partial charge in [-0.15, -0.1) is 0 Å². The van der Waals surface area contributed by atoms with Gasteiger partial charge in [-0.05, 0) is 62.1 Å². The number of benzene rings is 2. The van der Waals surface area contributed by atoms with Crippen molar-refractivity contribution in [2.45, 2.75) is 59.5 Å². The molecule has 0 aliphatic carbocycles. The fourth-order valence-electron chi connectivity index (χ4n) is 3.63. The first-order chi connectivity index (χ1) is 14.0. The van der Waals surface area contributed by atoms with Crippen LogP contribution >= 0.6 is 0 Å². The lowest BCUT2D eigenvalue weighted by Gasteiger charge is -2.13. The highest BCUT2D eigenvalue weighted by molar-refractivity contribution is 5.85. The predicted molar refractivity (Wildman–Crippen MR) is 117 cm³/mol. The summed E-state index contributed by atoms with van der Waals surface area (Å²) in [5, 5.41) is 0.990. The third-order valence-electron chi connectivity index (χ3n) is 5.49. The van der Waals surface area contributed by atoms with Gasteiger partial charge < -0.3 is 13.9 Å². The van der Waals surface area contributed by atoms with E-state index in [0.29, 0.717) is 12.2 Å². The lowest BCUT2D eigenvalue weighted by Crippen LogP contribution is -2.11. The van der Waals surface area contributed by atoms with Gasteiger partial charge >= 0.3 is 5.63 Å². The molecule has 0 unspecified atom stereocenters. The number of fused-ring (bicyclic) bond motifs is 1. The Labute approximate surface area is 172 Å². The number of methoxy groups -OCH3 is 1.